The van der Waals surface area contributed by atoms with Crippen molar-refractivity contribution in [2.24, 2.45) is 0 Å². The first-order valence-corrected chi connectivity index (χ1v) is 10.9. The smallest absolute Gasteiger partial charge is 0.343 e. The van der Waals surface area contributed by atoms with Gasteiger partial charge in [-0.1, -0.05) is 50.2 Å². The summed E-state index contributed by atoms with van der Waals surface area (Å²) in [5.74, 6) is 1.00. The van der Waals surface area contributed by atoms with E-state index in [0.29, 0.717) is 17.9 Å². The van der Waals surface area contributed by atoms with E-state index in [1.807, 2.05) is 55.5 Å². The highest BCUT2D eigenvalue weighted by Crippen LogP contribution is 2.24. The van der Waals surface area contributed by atoms with E-state index in [2.05, 4.69) is 13.8 Å². The van der Waals surface area contributed by atoms with Gasteiger partial charge >= 0.3 is 5.97 Å². The van der Waals surface area contributed by atoms with Gasteiger partial charge in [-0.25, -0.2) is 4.79 Å². The van der Waals surface area contributed by atoms with E-state index in [4.69, 9.17) is 14.2 Å². The average molecular weight is 419 g/mol. The van der Waals surface area contributed by atoms with Gasteiger partial charge in [0.15, 0.2) is 0 Å². The minimum atomic E-state index is -0.377. The molecular formula is C27H30O4. The second-order valence-corrected chi connectivity index (χ2v) is 7.42. The number of carbonyl (C=O) groups is 1. The summed E-state index contributed by atoms with van der Waals surface area (Å²) in [6.07, 6.45) is 1.98. The fourth-order valence-electron chi connectivity index (χ4n) is 3.13. The first kappa shape index (κ1) is 22.6. The zero-order valence-corrected chi connectivity index (χ0v) is 18.5. The van der Waals surface area contributed by atoms with Crippen molar-refractivity contribution in [3.63, 3.8) is 0 Å². The van der Waals surface area contributed by atoms with Gasteiger partial charge in [0.1, 0.15) is 11.5 Å². The number of benzene rings is 3. The van der Waals surface area contributed by atoms with Crippen molar-refractivity contribution < 1.29 is 19.0 Å². The van der Waals surface area contributed by atoms with Gasteiger partial charge in [0.05, 0.1) is 18.3 Å². The van der Waals surface area contributed by atoms with E-state index < -0.39 is 0 Å². The third-order valence-corrected chi connectivity index (χ3v) is 4.91. The number of carbonyl (C=O) groups excluding carboxylic acids is 1. The summed E-state index contributed by atoms with van der Waals surface area (Å²) in [6, 6.07) is 22.8. The summed E-state index contributed by atoms with van der Waals surface area (Å²) in [5, 5.41) is 0. The summed E-state index contributed by atoms with van der Waals surface area (Å²) in [7, 11) is 0. The van der Waals surface area contributed by atoms with Crippen LogP contribution in [0.3, 0.4) is 0 Å². The third-order valence-electron chi connectivity index (χ3n) is 4.91. The molecule has 3 rings (SSSR count). The number of hydrogen-bond acceptors (Lipinski definition) is 4. The molecule has 0 spiro atoms. The maximum absolute atomic E-state index is 12.5. The Kier molecular flexibility index (Phi) is 8.25. The lowest BCUT2D eigenvalue weighted by Gasteiger charge is -2.13. The van der Waals surface area contributed by atoms with Crippen LogP contribution in [-0.2, 0) is 4.74 Å². The van der Waals surface area contributed by atoms with Crippen LogP contribution < -0.4 is 9.47 Å². The molecule has 1 unspecified atom stereocenters. The first-order chi connectivity index (χ1) is 15.1. The fraction of sp³-hybridized carbons (Fsp3) is 0.296. The monoisotopic (exact) mass is 418 g/mol. The van der Waals surface area contributed by atoms with Crippen LogP contribution in [0, 0.1) is 0 Å². The first-order valence-electron chi connectivity index (χ1n) is 10.9. The summed E-state index contributed by atoms with van der Waals surface area (Å²) in [4.78, 5) is 12.5. The van der Waals surface area contributed by atoms with Gasteiger partial charge in [0.25, 0.3) is 0 Å². The lowest BCUT2D eigenvalue weighted by Crippen LogP contribution is -2.08. The highest BCUT2D eigenvalue weighted by atomic mass is 16.5. The number of esters is 1. The van der Waals surface area contributed by atoms with Gasteiger partial charge in [0.2, 0.25) is 0 Å². The maximum atomic E-state index is 12.5. The largest absolute Gasteiger partial charge is 0.494 e. The molecule has 0 bridgehead atoms. The molecule has 0 N–H and O–H groups in total. The van der Waals surface area contributed by atoms with Crippen LogP contribution in [0.15, 0.2) is 72.8 Å². The van der Waals surface area contributed by atoms with E-state index >= 15 is 0 Å². The Morgan fingerprint density at radius 3 is 1.87 bits per heavy atom. The van der Waals surface area contributed by atoms with Crippen molar-refractivity contribution in [3.8, 4) is 22.6 Å². The molecule has 4 nitrogen and oxygen atoms in total. The Bertz CT molecular complexity index is 944. The molecule has 4 heteroatoms. The Labute approximate surface area is 184 Å². The quantitative estimate of drug-likeness (QED) is 0.267. The number of hydrogen-bond donors (Lipinski definition) is 0. The summed E-state index contributed by atoms with van der Waals surface area (Å²) in [5.41, 5.74) is 3.67. The molecule has 1 atom stereocenters. The normalized spacial score (nSPS) is 11.7. The van der Waals surface area contributed by atoms with Crippen molar-refractivity contribution >= 4 is 5.97 Å². The Balaban J connectivity index is 1.60. The lowest BCUT2D eigenvalue weighted by atomic mass is 10.0. The standard InChI is InChI=1S/C27H30O4/c1-4-18-29-20(3)21-10-16-26(17-11-21)31-27(28)24-8-6-22(7-9-24)23-12-14-25(15-13-23)30-19-5-2/h6-17,20H,4-5,18-19H2,1-3H3. The number of rotatable bonds is 10. The summed E-state index contributed by atoms with van der Waals surface area (Å²) < 4.78 is 16.9. The molecule has 0 aliphatic rings. The highest BCUT2D eigenvalue weighted by Gasteiger charge is 2.11. The molecule has 0 saturated carbocycles. The van der Waals surface area contributed by atoms with Gasteiger partial charge in [-0.15, -0.1) is 0 Å². The zero-order valence-electron chi connectivity index (χ0n) is 18.5. The molecule has 3 aromatic carbocycles. The van der Waals surface area contributed by atoms with Crippen LogP contribution >= 0.6 is 0 Å². The predicted molar refractivity (Wildman–Crippen MR) is 124 cm³/mol. The van der Waals surface area contributed by atoms with Crippen LogP contribution in [-0.4, -0.2) is 19.2 Å². The fourth-order valence-corrected chi connectivity index (χ4v) is 3.13. The van der Waals surface area contributed by atoms with Gasteiger partial charge in [-0.2, -0.15) is 0 Å². The summed E-state index contributed by atoms with van der Waals surface area (Å²) >= 11 is 0. The van der Waals surface area contributed by atoms with Crippen LogP contribution in [0.1, 0.15) is 55.6 Å². The van der Waals surface area contributed by atoms with E-state index in [0.717, 1.165) is 41.9 Å². The predicted octanol–water partition coefficient (Wildman–Crippen LogP) is 6.85. The Morgan fingerprint density at radius 1 is 0.742 bits per heavy atom. The van der Waals surface area contributed by atoms with Gasteiger partial charge in [0, 0.05) is 6.61 Å². The van der Waals surface area contributed by atoms with Gasteiger partial charge in [-0.05, 0) is 72.9 Å². The molecule has 0 saturated heterocycles. The van der Waals surface area contributed by atoms with E-state index in [1.165, 1.54) is 0 Å². The van der Waals surface area contributed by atoms with Crippen molar-refractivity contribution in [1.29, 1.82) is 0 Å². The van der Waals surface area contributed by atoms with Crippen LogP contribution in [0.2, 0.25) is 0 Å². The second kappa shape index (κ2) is 11.3. The van der Waals surface area contributed by atoms with E-state index in [9.17, 15) is 4.79 Å². The van der Waals surface area contributed by atoms with Crippen molar-refractivity contribution in [1.82, 2.24) is 0 Å². The van der Waals surface area contributed by atoms with E-state index in [-0.39, 0.29) is 12.1 Å². The highest BCUT2D eigenvalue weighted by molar-refractivity contribution is 5.91. The van der Waals surface area contributed by atoms with Crippen LogP contribution in [0.25, 0.3) is 11.1 Å². The Morgan fingerprint density at radius 2 is 1.29 bits per heavy atom. The van der Waals surface area contributed by atoms with E-state index in [1.54, 1.807) is 24.3 Å². The minimum absolute atomic E-state index is 0.0181. The summed E-state index contributed by atoms with van der Waals surface area (Å²) in [6.45, 7) is 7.63. The molecule has 0 heterocycles. The molecule has 3 aromatic rings. The molecule has 162 valence electrons. The van der Waals surface area contributed by atoms with Crippen molar-refractivity contribution in [2.45, 2.75) is 39.7 Å². The molecule has 0 fully saturated rings. The molecule has 0 aliphatic carbocycles. The molecule has 0 aliphatic heterocycles. The van der Waals surface area contributed by atoms with Gasteiger partial charge in [-0.3, -0.25) is 0 Å². The van der Waals surface area contributed by atoms with Gasteiger partial charge < -0.3 is 14.2 Å². The number of ether oxygens (including phenoxy) is 3. The van der Waals surface area contributed by atoms with Crippen molar-refractivity contribution in [3.05, 3.63) is 83.9 Å². The topological polar surface area (TPSA) is 44.8 Å². The molecule has 0 radical (unpaired) electrons. The SMILES string of the molecule is CCCOc1ccc(-c2ccc(C(=O)Oc3ccc(C(C)OCCC)cc3)cc2)cc1. The Hall–Kier alpha value is -3.11. The molecule has 0 amide bonds. The molecule has 31 heavy (non-hydrogen) atoms. The maximum Gasteiger partial charge on any atom is 0.343 e. The zero-order chi connectivity index (χ0) is 22.1. The third kappa shape index (κ3) is 6.43. The second-order valence-electron chi connectivity index (χ2n) is 7.42. The van der Waals surface area contributed by atoms with Crippen LogP contribution in [0.5, 0.6) is 11.5 Å². The lowest BCUT2D eigenvalue weighted by molar-refractivity contribution is 0.0662. The molecule has 0 aromatic heterocycles. The van der Waals surface area contributed by atoms with Crippen molar-refractivity contribution in [2.75, 3.05) is 13.2 Å². The minimum Gasteiger partial charge on any atom is -0.494 e. The average Bonchev–Trinajstić information content (AvgIpc) is 2.82. The van der Waals surface area contributed by atoms with Crippen LogP contribution in [0.4, 0.5) is 0 Å². The molecular weight excluding hydrogens is 388 g/mol.